The molecule has 0 atom stereocenters. The molecule has 39 heavy (non-hydrogen) atoms. The highest BCUT2D eigenvalue weighted by Crippen LogP contribution is 2.32. The van der Waals surface area contributed by atoms with Gasteiger partial charge in [-0.2, -0.15) is 5.10 Å². The number of halogens is 3. The summed E-state index contributed by atoms with van der Waals surface area (Å²) in [5.41, 5.74) is 2.06. The van der Waals surface area contributed by atoms with E-state index >= 15 is 0 Å². The number of piperazine rings is 1. The Kier molecular flexibility index (Phi) is 7.60. The normalized spacial score (nSPS) is 13.5. The van der Waals surface area contributed by atoms with Crippen molar-refractivity contribution in [2.75, 3.05) is 31.5 Å². The average molecular weight is 588 g/mol. The van der Waals surface area contributed by atoms with E-state index in [0.29, 0.717) is 70.6 Å². The first-order valence-corrected chi connectivity index (χ1v) is 13.0. The predicted octanol–water partition coefficient (Wildman–Crippen LogP) is 5.64. The summed E-state index contributed by atoms with van der Waals surface area (Å²) in [6, 6.07) is 14.6. The van der Waals surface area contributed by atoms with Crippen LogP contribution in [-0.2, 0) is 6.54 Å². The molecule has 10 nitrogen and oxygen atoms in total. The second kappa shape index (κ2) is 11.1. The summed E-state index contributed by atoms with van der Waals surface area (Å²) < 4.78 is 0. The van der Waals surface area contributed by atoms with E-state index in [1.54, 1.807) is 40.1 Å². The monoisotopic (exact) mass is 586 g/mol. The topological polar surface area (TPSA) is 124 Å². The Hall–Kier alpha value is -3.86. The van der Waals surface area contributed by atoms with Gasteiger partial charge >= 0.3 is 0 Å². The zero-order valence-electron chi connectivity index (χ0n) is 20.3. The van der Waals surface area contributed by atoms with Crippen LogP contribution in [0.15, 0.2) is 54.6 Å². The van der Waals surface area contributed by atoms with E-state index in [4.69, 9.17) is 34.8 Å². The molecule has 5 rings (SSSR count). The van der Waals surface area contributed by atoms with Crippen molar-refractivity contribution in [3.8, 4) is 0 Å². The van der Waals surface area contributed by atoms with Crippen molar-refractivity contribution in [2.24, 2.45) is 0 Å². The number of nitro groups is 1. The van der Waals surface area contributed by atoms with E-state index in [0.717, 1.165) is 5.56 Å². The lowest BCUT2D eigenvalue weighted by atomic mass is 10.1. The molecule has 2 heterocycles. The summed E-state index contributed by atoms with van der Waals surface area (Å²) >= 11 is 18.3. The van der Waals surface area contributed by atoms with Crippen molar-refractivity contribution >= 4 is 69.0 Å². The maximum atomic E-state index is 13.2. The van der Waals surface area contributed by atoms with Crippen LogP contribution < -0.4 is 5.32 Å². The van der Waals surface area contributed by atoms with Crippen LogP contribution in [0.25, 0.3) is 10.9 Å². The number of nitro benzene ring substituents is 1. The molecule has 0 unspecified atom stereocenters. The Bertz CT molecular complexity index is 1600. The maximum absolute atomic E-state index is 13.2. The van der Waals surface area contributed by atoms with Crippen LogP contribution in [0, 0.1) is 10.1 Å². The van der Waals surface area contributed by atoms with Gasteiger partial charge in [-0.3, -0.25) is 24.8 Å². The zero-order chi connectivity index (χ0) is 27.7. The number of hydrogen-bond donors (Lipinski definition) is 2. The zero-order valence-corrected chi connectivity index (χ0v) is 22.6. The summed E-state index contributed by atoms with van der Waals surface area (Å²) in [4.78, 5) is 40.2. The van der Waals surface area contributed by atoms with Crippen molar-refractivity contribution in [1.29, 1.82) is 0 Å². The number of fused-ring (bicyclic) bond motifs is 1. The highest BCUT2D eigenvalue weighted by molar-refractivity contribution is 6.37. The second-order valence-corrected chi connectivity index (χ2v) is 10.2. The Morgan fingerprint density at radius 2 is 1.67 bits per heavy atom. The van der Waals surface area contributed by atoms with Crippen LogP contribution in [0.5, 0.6) is 0 Å². The number of carbonyl (C=O) groups excluding carboxylic acids is 2. The lowest BCUT2D eigenvalue weighted by Gasteiger charge is -2.35. The SMILES string of the molecule is O=C(c1cccc(CNc2n[nH]c3c(Cl)cc([N+](=O)[O-])cc23)c1)N1CCN(C(=O)c2ccc(Cl)cc2Cl)CC1. The minimum Gasteiger partial charge on any atom is -0.364 e. The van der Waals surface area contributed by atoms with E-state index in [9.17, 15) is 19.7 Å². The Morgan fingerprint density at radius 3 is 2.36 bits per heavy atom. The van der Waals surface area contributed by atoms with Gasteiger partial charge in [-0.15, -0.1) is 0 Å². The predicted molar refractivity (Wildman–Crippen MR) is 150 cm³/mol. The molecule has 2 amide bonds. The smallest absolute Gasteiger partial charge is 0.271 e. The second-order valence-electron chi connectivity index (χ2n) is 8.94. The number of nitrogens with zero attached hydrogens (tertiary/aromatic N) is 4. The molecule has 0 spiro atoms. The number of hydrogen-bond acceptors (Lipinski definition) is 6. The molecule has 3 aromatic carbocycles. The molecular formula is C26H21Cl3N6O4. The first kappa shape index (κ1) is 26.7. The van der Waals surface area contributed by atoms with Gasteiger partial charge in [0.05, 0.1) is 31.4 Å². The quantitative estimate of drug-likeness (QED) is 0.222. The highest BCUT2D eigenvalue weighted by Gasteiger charge is 2.26. The van der Waals surface area contributed by atoms with E-state index < -0.39 is 4.92 Å². The summed E-state index contributed by atoms with van der Waals surface area (Å²) in [6.45, 7) is 1.86. The number of non-ortho nitro benzene ring substituents is 1. The molecule has 1 aliphatic rings. The van der Waals surface area contributed by atoms with E-state index in [1.165, 1.54) is 18.2 Å². The lowest BCUT2D eigenvalue weighted by molar-refractivity contribution is -0.384. The van der Waals surface area contributed by atoms with Gasteiger partial charge in [-0.05, 0) is 35.9 Å². The van der Waals surface area contributed by atoms with Gasteiger partial charge in [-0.1, -0.05) is 46.9 Å². The molecule has 200 valence electrons. The third-order valence-electron chi connectivity index (χ3n) is 6.47. The van der Waals surface area contributed by atoms with Gasteiger partial charge in [0.25, 0.3) is 17.5 Å². The van der Waals surface area contributed by atoms with Crippen LogP contribution in [0.4, 0.5) is 11.5 Å². The molecule has 0 radical (unpaired) electrons. The van der Waals surface area contributed by atoms with Gasteiger partial charge in [-0.25, -0.2) is 0 Å². The van der Waals surface area contributed by atoms with Crippen molar-refractivity contribution in [2.45, 2.75) is 6.54 Å². The number of aromatic amines is 1. The minimum atomic E-state index is -0.514. The number of H-pyrrole nitrogens is 1. The number of benzene rings is 3. The molecule has 0 saturated carbocycles. The molecule has 0 aliphatic carbocycles. The number of amides is 2. The fraction of sp³-hybridized carbons (Fsp3) is 0.192. The number of carbonyl (C=O) groups is 2. The van der Waals surface area contributed by atoms with Gasteiger partial charge < -0.3 is 15.1 Å². The first-order chi connectivity index (χ1) is 18.7. The van der Waals surface area contributed by atoms with E-state index in [2.05, 4.69) is 15.5 Å². The molecule has 1 fully saturated rings. The van der Waals surface area contributed by atoms with Crippen LogP contribution in [0.3, 0.4) is 0 Å². The summed E-state index contributed by atoms with van der Waals surface area (Å²) in [5, 5.41) is 22.8. The lowest BCUT2D eigenvalue weighted by Crippen LogP contribution is -2.50. The van der Waals surface area contributed by atoms with Gasteiger partial charge in [0.15, 0.2) is 5.82 Å². The fourth-order valence-corrected chi connectivity index (χ4v) is 5.18. The van der Waals surface area contributed by atoms with Crippen molar-refractivity contribution in [1.82, 2.24) is 20.0 Å². The largest absolute Gasteiger partial charge is 0.364 e. The van der Waals surface area contributed by atoms with Crippen LogP contribution in [0.2, 0.25) is 15.1 Å². The maximum Gasteiger partial charge on any atom is 0.271 e. The highest BCUT2D eigenvalue weighted by atomic mass is 35.5. The molecule has 0 bridgehead atoms. The van der Waals surface area contributed by atoms with Crippen molar-refractivity contribution in [3.63, 3.8) is 0 Å². The third-order valence-corrected chi connectivity index (χ3v) is 7.32. The summed E-state index contributed by atoms with van der Waals surface area (Å²) in [6.07, 6.45) is 0. The Morgan fingerprint density at radius 1 is 0.949 bits per heavy atom. The average Bonchev–Trinajstić information content (AvgIpc) is 3.35. The van der Waals surface area contributed by atoms with Gasteiger partial charge in [0.2, 0.25) is 0 Å². The van der Waals surface area contributed by atoms with Crippen LogP contribution in [0.1, 0.15) is 26.3 Å². The number of anilines is 1. The van der Waals surface area contributed by atoms with E-state index in [1.807, 2.05) is 6.07 Å². The Labute approximate surface area is 237 Å². The number of aromatic nitrogens is 2. The van der Waals surface area contributed by atoms with Gasteiger partial charge in [0, 0.05) is 55.4 Å². The Balaban J connectivity index is 1.23. The minimum absolute atomic E-state index is 0.136. The number of nitrogens with one attached hydrogen (secondary N) is 2. The molecule has 1 aromatic heterocycles. The van der Waals surface area contributed by atoms with Crippen molar-refractivity contribution < 1.29 is 14.5 Å². The van der Waals surface area contributed by atoms with Crippen LogP contribution >= 0.6 is 34.8 Å². The molecule has 13 heteroatoms. The standard InChI is InChI=1S/C26H21Cl3N6O4/c27-17-4-5-19(21(28)11-17)26(37)34-8-6-33(7-9-34)25(36)16-3-1-2-15(10-16)14-30-24-20-12-18(35(38)39)13-22(29)23(20)31-32-24/h1-5,10-13H,6-9,14H2,(H2,30,31,32). The fourth-order valence-electron chi connectivity index (χ4n) is 4.43. The van der Waals surface area contributed by atoms with Crippen molar-refractivity contribution in [3.05, 3.63) is 96.5 Å². The molecule has 1 saturated heterocycles. The number of rotatable bonds is 6. The van der Waals surface area contributed by atoms with Gasteiger partial charge in [0.1, 0.15) is 0 Å². The molecular weight excluding hydrogens is 567 g/mol. The van der Waals surface area contributed by atoms with E-state index in [-0.39, 0.29) is 22.5 Å². The first-order valence-electron chi connectivity index (χ1n) is 11.9. The summed E-state index contributed by atoms with van der Waals surface area (Å²) in [5.74, 6) is 0.0735. The molecule has 2 N–H and O–H groups in total. The van der Waals surface area contributed by atoms with Crippen LogP contribution in [-0.4, -0.2) is 62.9 Å². The summed E-state index contributed by atoms with van der Waals surface area (Å²) in [7, 11) is 0. The molecule has 1 aliphatic heterocycles. The third kappa shape index (κ3) is 5.63. The molecule has 4 aromatic rings.